The van der Waals surface area contributed by atoms with E-state index >= 15 is 0 Å². The van der Waals surface area contributed by atoms with Gasteiger partial charge < -0.3 is 15.2 Å². The number of hydrogen-bond donors (Lipinski definition) is 2. The SMILES string of the molecule is Cc1cc(OCC(F)(F)F)cc(C)c1-c1ccc2c(c1)CCN[C@@H]2CCc1cnccc1C(=O)O. The van der Waals surface area contributed by atoms with E-state index in [1.165, 1.54) is 23.4 Å². The van der Waals surface area contributed by atoms with E-state index in [-0.39, 0.29) is 17.4 Å². The summed E-state index contributed by atoms with van der Waals surface area (Å²) >= 11 is 0. The fourth-order valence-corrected chi connectivity index (χ4v) is 4.83. The van der Waals surface area contributed by atoms with Crippen LogP contribution in [0.15, 0.2) is 48.8 Å². The van der Waals surface area contributed by atoms with E-state index in [4.69, 9.17) is 4.74 Å². The lowest BCUT2D eigenvalue weighted by atomic mass is 9.86. The normalized spacial score (nSPS) is 15.5. The second-order valence-corrected chi connectivity index (χ2v) is 8.88. The third-order valence-corrected chi connectivity index (χ3v) is 6.34. The maximum absolute atomic E-state index is 12.5. The van der Waals surface area contributed by atoms with Crippen LogP contribution in [0.4, 0.5) is 13.2 Å². The van der Waals surface area contributed by atoms with Crippen molar-refractivity contribution in [2.45, 2.75) is 45.3 Å². The van der Waals surface area contributed by atoms with Crippen molar-refractivity contribution < 1.29 is 27.8 Å². The highest BCUT2D eigenvalue weighted by atomic mass is 19.4. The summed E-state index contributed by atoms with van der Waals surface area (Å²) in [6.45, 7) is 3.24. The van der Waals surface area contributed by atoms with Gasteiger partial charge >= 0.3 is 12.1 Å². The summed E-state index contributed by atoms with van der Waals surface area (Å²) < 4.78 is 42.5. The Bertz CT molecular complexity index is 1220. The number of aryl methyl sites for hydroxylation is 3. The Morgan fingerprint density at radius 2 is 1.91 bits per heavy atom. The van der Waals surface area contributed by atoms with Crippen LogP contribution in [0.1, 0.15) is 50.6 Å². The third kappa shape index (κ3) is 5.82. The van der Waals surface area contributed by atoms with E-state index < -0.39 is 18.8 Å². The summed E-state index contributed by atoms with van der Waals surface area (Å²) in [6.07, 6.45) is 0.909. The third-order valence-electron chi connectivity index (χ3n) is 6.34. The number of aromatic nitrogens is 1. The van der Waals surface area contributed by atoms with Crippen molar-refractivity contribution in [2.24, 2.45) is 0 Å². The number of benzene rings is 2. The van der Waals surface area contributed by atoms with E-state index in [2.05, 4.69) is 22.4 Å². The molecule has 2 aromatic carbocycles. The lowest BCUT2D eigenvalue weighted by Gasteiger charge is -2.28. The van der Waals surface area contributed by atoms with E-state index in [1.54, 1.807) is 18.3 Å². The maximum atomic E-state index is 12.5. The van der Waals surface area contributed by atoms with Crippen LogP contribution in [0.25, 0.3) is 11.1 Å². The average molecular weight is 485 g/mol. The molecule has 0 unspecified atom stereocenters. The molecule has 0 radical (unpaired) electrons. The van der Waals surface area contributed by atoms with E-state index in [0.717, 1.165) is 41.6 Å². The van der Waals surface area contributed by atoms with Gasteiger partial charge in [-0.05, 0) is 96.8 Å². The summed E-state index contributed by atoms with van der Waals surface area (Å²) in [5, 5.41) is 13.0. The molecular formula is C27H27F3N2O3. The van der Waals surface area contributed by atoms with Crippen LogP contribution in [0.5, 0.6) is 5.75 Å². The molecule has 184 valence electrons. The zero-order valence-electron chi connectivity index (χ0n) is 19.6. The molecule has 1 aromatic heterocycles. The number of fused-ring (bicyclic) bond motifs is 1. The minimum Gasteiger partial charge on any atom is -0.484 e. The van der Waals surface area contributed by atoms with Gasteiger partial charge in [-0.15, -0.1) is 0 Å². The molecule has 1 aliphatic heterocycles. The molecule has 4 rings (SSSR count). The largest absolute Gasteiger partial charge is 0.484 e. The van der Waals surface area contributed by atoms with Crippen molar-refractivity contribution in [3.8, 4) is 16.9 Å². The first-order valence-corrected chi connectivity index (χ1v) is 11.5. The molecule has 3 aromatic rings. The van der Waals surface area contributed by atoms with Gasteiger partial charge in [0.1, 0.15) is 5.75 Å². The molecule has 0 aliphatic carbocycles. The summed E-state index contributed by atoms with van der Waals surface area (Å²) in [5.41, 5.74) is 7.10. The summed E-state index contributed by atoms with van der Waals surface area (Å²) in [7, 11) is 0. The molecular weight excluding hydrogens is 457 g/mol. The van der Waals surface area contributed by atoms with Crippen molar-refractivity contribution in [2.75, 3.05) is 13.2 Å². The summed E-state index contributed by atoms with van der Waals surface area (Å²) in [5.74, 6) is -0.746. The van der Waals surface area contributed by atoms with Gasteiger partial charge in [-0.1, -0.05) is 18.2 Å². The fourth-order valence-electron chi connectivity index (χ4n) is 4.83. The van der Waals surface area contributed by atoms with Crippen LogP contribution in [0.3, 0.4) is 0 Å². The predicted octanol–water partition coefficient (Wildman–Crippen LogP) is 5.82. The maximum Gasteiger partial charge on any atom is 0.422 e. The number of aromatic carboxylic acids is 1. The molecule has 0 saturated heterocycles. The van der Waals surface area contributed by atoms with Crippen LogP contribution in [-0.2, 0) is 12.8 Å². The Labute approximate surface area is 202 Å². The van der Waals surface area contributed by atoms with Crippen LogP contribution in [-0.4, -0.2) is 35.4 Å². The van der Waals surface area contributed by atoms with Crippen LogP contribution >= 0.6 is 0 Å². The van der Waals surface area contributed by atoms with E-state index in [0.29, 0.717) is 12.0 Å². The number of alkyl halides is 3. The molecule has 1 aliphatic rings. The molecule has 0 saturated carbocycles. The zero-order chi connectivity index (χ0) is 25.2. The van der Waals surface area contributed by atoms with Crippen molar-refractivity contribution in [1.29, 1.82) is 0 Å². The van der Waals surface area contributed by atoms with Crippen molar-refractivity contribution in [3.05, 3.63) is 82.2 Å². The zero-order valence-corrected chi connectivity index (χ0v) is 19.6. The quantitative estimate of drug-likeness (QED) is 0.442. The van der Waals surface area contributed by atoms with Crippen molar-refractivity contribution in [3.63, 3.8) is 0 Å². The molecule has 1 atom stereocenters. The molecule has 8 heteroatoms. The summed E-state index contributed by atoms with van der Waals surface area (Å²) in [4.78, 5) is 15.6. The van der Waals surface area contributed by atoms with Gasteiger partial charge in [-0.25, -0.2) is 4.79 Å². The second-order valence-electron chi connectivity index (χ2n) is 8.88. The number of carboxylic acids is 1. The number of nitrogens with one attached hydrogen (secondary N) is 1. The summed E-state index contributed by atoms with van der Waals surface area (Å²) in [6, 6.07) is 11.2. The first-order chi connectivity index (χ1) is 16.6. The number of nitrogens with zero attached hydrogens (tertiary/aromatic N) is 1. The number of carbonyl (C=O) groups is 1. The van der Waals surface area contributed by atoms with Gasteiger partial charge in [0, 0.05) is 18.4 Å². The van der Waals surface area contributed by atoms with E-state index in [1.807, 2.05) is 19.9 Å². The van der Waals surface area contributed by atoms with Crippen LogP contribution in [0, 0.1) is 13.8 Å². The minimum absolute atomic E-state index is 0.0926. The van der Waals surface area contributed by atoms with Crippen LogP contribution < -0.4 is 10.1 Å². The van der Waals surface area contributed by atoms with E-state index in [9.17, 15) is 23.1 Å². The predicted molar refractivity (Wildman–Crippen MR) is 127 cm³/mol. The fraction of sp³-hybridized carbons (Fsp3) is 0.333. The standard InChI is InChI=1S/C27H27F3N2O3/c1-16-11-21(35-15-27(28,29)30)12-17(2)25(16)19-3-5-22-18(13-19)7-10-32-24(22)6-4-20-14-31-9-8-23(20)26(33)34/h3,5,8-9,11-14,24,32H,4,6-7,10,15H2,1-2H3,(H,33,34)/t24-/m1/s1. The molecule has 0 fully saturated rings. The Hall–Kier alpha value is -3.39. The molecule has 2 N–H and O–H groups in total. The smallest absolute Gasteiger partial charge is 0.422 e. The molecule has 2 heterocycles. The highest BCUT2D eigenvalue weighted by Crippen LogP contribution is 2.35. The molecule has 5 nitrogen and oxygen atoms in total. The van der Waals surface area contributed by atoms with Gasteiger partial charge in [-0.2, -0.15) is 13.2 Å². The number of ether oxygens (including phenoxy) is 1. The van der Waals surface area contributed by atoms with Gasteiger partial charge in [0.2, 0.25) is 0 Å². The monoisotopic (exact) mass is 484 g/mol. The Kier molecular flexibility index (Phi) is 7.12. The highest BCUT2D eigenvalue weighted by Gasteiger charge is 2.28. The highest BCUT2D eigenvalue weighted by molar-refractivity contribution is 5.89. The molecule has 35 heavy (non-hydrogen) atoms. The van der Waals surface area contributed by atoms with Crippen LogP contribution in [0.2, 0.25) is 0 Å². The number of hydrogen-bond acceptors (Lipinski definition) is 4. The van der Waals surface area contributed by atoms with Gasteiger partial charge in [0.25, 0.3) is 0 Å². The Morgan fingerprint density at radius 3 is 2.60 bits per heavy atom. The number of halogens is 3. The lowest BCUT2D eigenvalue weighted by Crippen LogP contribution is -2.30. The first kappa shape index (κ1) is 24.7. The topological polar surface area (TPSA) is 71.5 Å². The van der Waals surface area contributed by atoms with Crippen molar-refractivity contribution in [1.82, 2.24) is 10.3 Å². The Balaban J connectivity index is 1.55. The average Bonchev–Trinajstić information content (AvgIpc) is 2.80. The number of pyridine rings is 1. The lowest BCUT2D eigenvalue weighted by molar-refractivity contribution is -0.153. The van der Waals surface area contributed by atoms with Gasteiger partial charge in [0.15, 0.2) is 6.61 Å². The number of carboxylic acid groups (broad SMARTS) is 1. The first-order valence-electron chi connectivity index (χ1n) is 11.5. The van der Waals surface area contributed by atoms with Gasteiger partial charge in [-0.3, -0.25) is 4.98 Å². The molecule has 0 bridgehead atoms. The minimum atomic E-state index is -4.38. The molecule has 0 spiro atoms. The van der Waals surface area contributed by atoms with Crippen molar-refractivity contribution >= 4 is 5.97 Å². The number of rotatable bonds is 7. The molecule has 0 amide bonds. The second kappa shape index (κ2) is 10.1. The Morgan fingerprint density at radius 1 is 1.17 bits per heavy atom. The van der Waals surface area contributed by atoms with Gasteiger partial charge in [0.05, 0.1) is 5.56 Å².